The van der Waals surface area contributed by atoms with Gasteiger partial charge in [0.25, 0.3) is 0 Å². The van der Waals surface area contributed by atoms with Crippen LogP contribution in [0.15, 0.2) is 0 Å². The fourth-order valence-electron chi connectivity index (χ4n) is 2.07. The average Bonchev–Trinajstić information content (AvgIpc) is 2.96. The van der Waals surface area contributed by atoms with E-state index in [4.69, 9.17) is 0 Å². The van der Waals surface area contributed by atoms with Crippen molar-refractivity contribution in [1.82, 2.24) is 0 Å². The number of ether oxygens (including phenoxy) is 3. The molecular weight excluding hydrogens is 476 g/mol. The van der Waals surface area contributed by atoms with Crippen LogP contribution in [0.4, 0.5) is 66.3 Å². The standard InChI is InChI=1S/C11H7F14NO4/c12-5(13,7(16,17)10(20,21)22)9(6(14,15)8(18,19)11(23,24)25)29-2-3(30-9)1-28-4(26)27/h3H,1-2H2,(H2,26,27). The Morgan fingerprint density at radius 3 is 1.50 bits per heavy atom. The molecule has 0 aromatic rings. The zero-order valence-corrected chi connectivity index (χ0v) is 13.5. The van der Waals surface area contributed by atoms with Crippen LogP contribution >= 0.6 is 0 Å². The van der Waals surface area contributed by atoms with Crippen molar-refractivity contribution in [2.75, 3.05) is 13.2 Å². The quantitative estimate of drug-likeness (QED) is 0.583. The van der Waals surface area contributed by atoms with Gasteiger partial charge >= 0.3 is 47.9 Å². The van der Waals surface area contributed by atoms with Gasteiger partial charge in [0, 0.05) is 0 Å². The zero-order valence-electron chi connectivity index (χ0n) is 13.5. The summed E-state index contributed by atoms with van der Waals surface area (Å²) in [6, 6.07) is 0. The number of hydrogen-bond acceptors (Lipinski definition) is 4. The molecule has 2 N–H and O–H groups in total. The monoisotopic (exact) mass is 483 g/mol. The Morgan fingerprint density at radius 1 is 0.833 bits per heavy atom. The molecule has 178 valence electrons. The van der Waals surface area contributed by atoms with Crippen LogP contribution in [0.25, 0.3) is 0 Å². The summed E-state index contributed by atoms with van der Waals surface area (Å²) in [5, 5.41) is 0. The predicted molar refractivity (Wildman–Crippen MR) is 61.0 cm³/mol. The number of rotatable bonds is 6. The van der Waals surface area contributed by atoms with Crippen molar-refractivity contribution in [3.8, 4) is 0 Å². The molecule has 1 rings (SSSR count). The Labute approximate surface area is 155 Å². The second kappa shape index (κ2) is 7.13. The lowest BCUT2D eigenvalue weighted by atomic mass is 9.90. The molecule has 0 saturated carbocycles. The molecular formula is C11H7F14NO4. The maximum absolute atomic E-state index is 14.0. The van der Waals surface area contributed by atoms with Gasteiger partial charge in [-0.3, -0.25) is 0 Å². The molecule has 0 radical (unpaired) electrons. The van der Waals surface area contributed by atoms with E-state index in [9.17, 15) is 66.3 Å². The highest BCUT2D eigenvalue weighted by Crippen LogP contribution is 2.63. The highest BCUT2D eigenvalue weighted by molar-refractivity contribution is 5.64. The summed E-state index contributed by atoms with van der Waals surface area (Å²) in [6.45, 7) is -3.63. The van der Waals surface area contributed by atoms with Gasteiger partial charge in [0.05, 0.1) is 6.61 Å². The summed E-state index contributed by atoms with van der Waals surface area (Å²) in [5.74, 6) is -37.0. The fourth-order valence-corrected chi connectivity index (χ4v) is 2.07. The first-order valence-corrected chi connectivity index (χ1v) is 6.88. The van der Waals surface area contributed by atoms with Gasteiger partial charge in [-0.25, -0.2) is 4.79 Å². The van der Waals surface area contributed by atoms with Crippen LogP contribution in [0.2, 0.25) is 0 Å². The van der Waals surface area contributed by atoms with Gasteiger partial charge in [-0.15, -0.1) is 0 Å². The molecule has 1 unspecified atom stereocenters. The van der Waals surface area contributed by atoms with E-state index >= 15 is 0 Å². The number of carbonyl (C=O) groups excluding carboxylic acids is 1. The first-order valence-electron chi connectivity index (χ1n) is 6.88. The molecule has 1 amide bonds. The number of halogens is 14. The first-order chi connectivity index (χ1) is 13.0. The Bertz CT molecular complexity index is 619. The lowest BCUT2D eigenvalue weighted by Crippen LogP contribution is -2.76. The van der Waals surface area contributed by atoms with Crippen LogP contribution < -0.4 is 5.73 Å². The maximum atomic E-state index is 14.0. The Balaban J connectivity index is 3.70. The number of amides is 1. The molecule has 0 aromatic heterocycles. The second-order valence-electron chi connectivity index (χ2n) is 5.59. The largest absolute Gasteiger partial charge is 0.460 e. The molecule has 0 spiro atoms. The van der Waals surface area contributed by atoms with E-state index in [0.29, 0.717) is 0 Å². The number of alkyl halides is 14. The Morgan fingerprint density at radius 2 is 1.20 bits per heavy atom. The van der Waals surface area contributed by atoms with E-state index in [1.165, 1.54) is 0 Å². The lowest BCUT2D eigenvalue weighted by molar-refractivity contribution is -0.491. The summed E-state index contributed by atoms with van der Waals surface area (Å²) >= 11 is 0. The van der Waals surface area contributed by atoms with Crippen molar-refractivity contribution in [1.29, 1.82) is 0 Å². The van der Waals surface area contributed by atoms with Gasteiger partial charge in [0.1, 0.15) is 12.7 Å². The van der Waals surface area contributed by atoms with Crippen LogP contribution in [-0.2, 0) is 14.2 Å². The molecule has 1 saturated heterocycles. The number of nitrogens with two attached hydrogens (primary N) is 1. The summed E-state index contributed by atoms with van der Waals surface area (Å²) in [7, 11) is 0. The number of hydrogen-bond donors (Lipinski definition) is 1. The predicted octanol–water partition coefficient (Wildman–Crippen LogP) is 3.86. The van der Waals surface area contributed by atoms with E-state index in [-0.39, 0.29) is 0 Å². The van der Waals surface area contributed by atoms with E-state index in [1.54, 1.807) is 0 Å². The lowest BCUT2D eigenvalue weighted by Gasteiger charge is -2.45. The molecule has 1 fully saturated rings. The molecule has 30 heavy (non-hydrogen) atoms. The topological polar surface area (TPSA) is 70.8 Å². The van der Waals surface area contributed by atoms with E-state index in [0.717, 1.165) is 0 Å². The minimum Gasteiger partial charge on any atom is -0.447 e. The third-order valence-electron chi connectivity index (χ3n) is 3.54. The van der Waals surface area contributed by atoms with Crippen LogP contribution in [0, 0.1) is 0 Å². The minimum atomic E-state index is -7.66. The van der Waals surface area contributed by atoms with E-state index in [1.807, 2.05) is 0 Å². The Hall–Kier alpha value is -1.79. The van der Waals surface area contributed by atoms with Crippen LogP contribution in [0.1, 0.15) is 0 Å². The fraction of sp³-hybridized carbons (Fsp3) is 0.909. The summed E-state index contributed by atoms with van der Waals surface area (Å²) in [4.78, 5) is 10.4. The van der Waals surface area contributed by atoms with Gasteiger partial charge in [0.15, 0.2) is 0 Å². The van der Waals surface area contributed by atoms with Gasteiger partial charge < -0.3 is 19.9 Å². The highest BCUT2D eigenvalue weighted by Gasteiger charge is 2.94. The first kappa shape index (κ1) is 26.2. The van der Waals surface area contributed by atoms with E-state index < -0.39 is 67.2 Å². The van der Waals surface area contributed by atoms with Gasteiger partial charge in [-0.2, -0.15) is 61.5 Å². The van der Waals surface area contributed by atoms with Crippen molar-refractivity contribution in [3.05, 3.63) is 0 Å². The van der Waals surface area contributed by atoms with Gasteiger partial charge in [-0.05, 0) is 0 Å². The summed E-state index contributed by atoms with van der Waals surface area (Å²) < 4.78 is 194. The molecule has 0 bridgehead atoms. The van der Waals surface area contributed by atoms with Crippen molar-refractivity contribution in [2.24, 2.45) is 5.73 Å². The van der Waals surface area contributed by atoms with Crippen molar-refractivity contribution in [3.63, 3.8) is 0 Å². The summed E-state index contributed by atoms with van der Waals surface area (Å²) in [5.41, 5.74) is 4.37. The van der Waals surface area contributed by atoms with Crippen LogP contribution in [0.3, 0.4) is 0 Å². The van der Waals surface area contributed by atoms with Gasteiger partial charge in [0.2, 0.25) is 0 Å². The van der Waals surface area contributed by atoms with Crippen molar-refractivity contribution in [2.45, 2.75) is 47.9 Å². The normalized spacial score (nSPS) is 21.6. The second-order valence-corrected chi connectivity index (χ2v) is 5.59. The maximum Gasteiger partial charge on any atom is 0.460 e. The molecule has 1 aliphatic rings. The Kier molecular flexibility index (Phi) is 6.24. The minimum absolute atomic E-state index is 1.63. The third-order valence-corrected chi connectivity index (χ3v) is 3.54. The van der Waals surface area contributed by atoms with E-state index in [2.05, 4.69) is 19.9 Å². The van der Waals surface area contributed by atoms with Crippen molar-refractivity contribution < 1.29 is 80.5 Å². The average molecular weight is 483 g/mol. The van der Waals surface area contributed by atoms with Crippen molar-refractivity contribution >= 4 is 6.09 Å². The smallest absolute Gasteiger partial charge is 0.447 e. The number of primary amides is 1. The van der Waals surface area contributed by atoms with Crippen LogP contribution in [-0.4, -0.2) is 67.2 Å². The molecule has 1 aliphatic heterocycles. The molecule has 5 nitrogen and oxygen atoms in total. The molecule has 1 heterocycles. The van der Waals surface area contributed by atoms with Gasteiger partial charge in [-0.1, -0.05) is 0 Å². The SMILES string of the molecule is NC(=O)OCC1COC(C(F)(F)C(F)(F)C(F)(F)F)(C(F)(F)C(F)(F)C(F)(F)F)O1. The number of carbonyl (C=O) groups is 1. The zero-order chi connectivity index (χ0) is 24.2. The van der Waals surface area contributed by atoms with Crippen LogP contribution in [0.5, 0.6) is 0 Å². The molecule has 19 heteroatoms. The molecule has 0 aliphatic carbocycles. The third kappa shape index (κ3) is 3.58. The summed E-state index contributed by atoms with van der Waals surface area (Å²) in [6.07, 6.45) is -19.4. The highest BCUT2D eigenvalue weighted by atomic mass is 19.4. The molecule has 1 atom stereocenters. The molecule has 0 aromatic carbocycles.